The molecule has 1 aliphatic heterocycles. The molecule has 2 aliphatic rings. The minimum atomic E-state index is -0.439. The molecule has 2 aromatic rings. The van der Waals surface area contributed by atoms with Crippen molar-refractivity contribution in [2.45, 2.75) is 31.2 Å². The highest BCUT2D eigenvalue weighted by Gasteiger charge is 2.38. The van der Waals surface area contributed by atoms with Crippen LogP contribution in [0.2, 0.25) is 0 Å². The van der Waals surface area contributed by atoms with Gasteiger partial charge in [0.2, 0.25) is 0 Å². The zero-order chi connectivity index (χ0) is 21.0. The second-order valence-corrected chi connectivity index (χ2v) is 7.46. The van der Waals surface area contributed by atoms with Crippen molar-refractivity contribution in [3.05, 3.63) is 47.5 Å². The maximum atomic E-state index is 12.8. The van der Waals surface area contributed by atoms with E-state index in [1.165, 1.54) is 7.11 Å². The summed E-state index contributed by atoms with van der Waals surface area (Å²) in [5.41, 5.74) is 1.05. The van der Waals surface area contributed by atoms with Crippen LogP contribution >= 0.6 is 0 Å². The Labute approximate surface area is 175 Å². The van der Waals surface area contributed by atoms with E-state index in [0.717, 1.165) is 42.7 Å². The van der Waals surface area contributed by atoms with E-state index in [-0.39, 0.29) is 12.5 Å². The fraction of sp³-hybridized carbons (Fsp3) is 0.391. The topological polar surface area (TPSA) is 89.8 Å². The lowest BCUT2D eigenvalue weighted by atomic mass is 9.87. The maximum Gasteiger partial charge on any atom is 0.258 e. The van der Waals surface area contributed by atoms with Crippen LogP contribution in [0.25, 0.3) is 0 Å². The number of carbonyl (C=O) groups excluding carboxylic acids is 1. The quantitative estimate of drug-likeness (QED) is 0.789. The summed E-state index contributed by atoms with van der Waals surface area (Å²) in [6.45, 7) is 0.926. The number of nitrogens with zero attached hydrogens (tertiary/aromatic N) is 1. The highest BCUT2D eigenvalue weighted by Crippen LogP contribution is 2.42. The lowest BCUT2D eigenvalue weighted by Crippen LogP contribution is -2.45. The molecule has 7 heteroatoms. The van der Waals surface area contributed by atoms with E-state index in [4.69, 9.17) is 24.2 Å². The lowest BCUT2D eigenvalue weighted by molar-refractivity contribution is -0.125. The molecule has 156 valence electrons. The van der Waals surface area contributed by atoms with Crippen LogP contribution in [-0.2, 0) is 10.3 Å². The normalized spacial score (nSPS) is 16.4. The van der Waals surface area contributed by atoms with Crippen LogP contribution in [0.5, 0.6) is 23.0 Å². The first kappa shape index (κ1) is 19.9. The Morgan fingerprint density at radius 1 is 1.10 bits per heavy atom. The van der Waals surface area contributed by atoms with Crippen molar-refractivity contribution in [1.82, 2.24) is 5.32 Å². The maximum absolute atomic E-state index is 12.8. The molecular weight excluding hydrogens is 384 g/mol. The molecule has 0 radical (unpaired) electrons. The molecule has 1 fully saturated rings. The zero-order valence-electron chi connectivity index (χ0n) is 16.9. The van der Waals surface area contributed by atoms with Crippen molar-refractivity contribution in [3.63, 3.8) is 0 Å². The number of carbonyl (C=O) groups is 1. The van der Waals surface area contributed by atoms with Crippen molar-refractivity contribution in [1.29, 1.82) is 5.26 Å². The van der Waals surface area contributed by atoms with Crippen LogP contribution in [0, 0.1) is 11.3 Å². The summed E-state index contributed by atoms with van der Waals surface area (Å²) in [5.74, 6) is 2.09. The van der Waals surface area contributed by atoms with E-state index in [1.54, 1.807) is 18.2 Å². The SMILES string of the molecule is COc1cc(C#N)ccc1OCC(=O)NC1(c2ccc3c(c2)OCCO3)CCCC1. The third kappa shape index (κ3) is 3.99. The molecule has 1 aliphatic carbocycles. The highest BCUT2D eigenvalue weighted by atomic mass is 16.6. The number of nitriles is 1. The van der Waals surface area contributed by atoms with Gasteiger partial charge in [-0.05, 0) is 42.7 Å². The largest absolute Gasteiger partial charge is 0.493 e. The fourth-order valence-electron chi connectivity index (χ4n) is 4.11. The van der Waals surface area contributed by atoms with Crippen LogP contribution < -0.4 is 24.3 Å². The minimum Gasteiger partial charge on any atom is -0.493 e. The highest BCUT2D eigenvalue weighted by molar-refractivity contribution is 5.79. The second-order valence-electron chi connectivity index (χ2n) is 7.46. The van der Waals surface area contributed by atoms with Gasteiger partial charge in [0.05, 0.1) is 24.3 Å². The Kier molecular flexibility index (Phi) is 5.66. The molecule has 30 heavy (non-hydrogen) atoms. The average molecular weight is 408 g/mol. The van der Waals surface area contributed by atoms with E-state index in [9.17, 15) is 4.79 Å². The number of fused-ring (bicyclic) bond motifs is 1. The van der Waals surface area contributed by atoms with Crippen LogP contribution in [0.4, 0.5) is 0 Å². The fourth-order valence-corrected chi connectivity index (χ4v) is 4.11. The molecular formula is C23H24N2O5. The summed E-state index contributed by atoms with van der Waals surface area (Å²) in [6.07, 6.45) is 3.80. The minimum absolute atomic E-state index is 0.144. The van der Waals surface area contributed by atoms with Gasteiger partial charge in [-0.25, -0.2) is 0 Å². The number of hydrogen-bond donors (Lipinski definition) is 1. The van der Waals surface area contributed by atoms with Gasteiger partial charge in [0, 0.05) is 6.07 Å². The summed E-state index contributed by atoms with van der Waals surface area (Å²) >= 11 is 0. The van der Waals surface area contributed by atoms with Gasteiger partial charge in [0.25, 0.3) is 5.91 Å². The molecule has 2 aromatic carbocycles. The molecule has 0 bridgehead atoms. The molecule has 0 atom stereocenters. The molecule has 1 saturated carbocycles. The van der Waals surface area contributed by atoms with Gasteiger partial charge >= 0.3 is 0 Å². The Morgan fingerprint density at radius 2 is 1.87 bits per heavy atom. The van der Waals surface area contributed by atoms with Crippen LogP contribution in [-0.4, -0.2) is 32.8 Å². The van der Waals surface area contributed by atoms with E-state index in [2.05, 4.69) is 11.4 Å². The first-order chi connectivity index (χ1) is 14.6. The third-order valence-electron chi connectivity index (χ3n) is 5.58. The van der Waals surface area contributed by atoms with Crippen LogP contribution in [0.15, 0.2) is 36.4 Å². The molecule has 0 spiro atoms. The first-order valence-corrected chi connectivity index (χ1v) is 10.1. The number of amides is 1. The van der Waals surface area contributed by atoms with Gasteiger partial charge in [0.15, 0.2) is 29.6 Å². The number of rotatable bonds is 6. The number of methoxy groups -OCH3 is 1. The zero-order valence-corrected chi connectivity index (χ0v) is 16.9. The number of nitrogens with one attached hydrogen (secondary N) is 1. The molecule has 0 aromatic heterocycles. The van der Waals surface area contributed by atoms with Gasteiger partial charge < -0.3 is 24.3 Å². The monoisotopic (exact) mass is 408 g/mol. The summed E-state index contributed by atoms with van der Waals surface area (Å²) in [7, 11) is 1.50. The summed E-state index contributed by atoms with van der Waals surface area (Å²) in [5, 5.41) is 12.2. The summed E-state index contributed by atoms with van der Waals surface area (Å²) in [6, 6.07) is 12.8. The number of hydrogen-bond acceptors (Lipinski definition) is 6. The lowest BCUT2D eigenvalue weighted by Gasteiger charge is -2.32. The molecule has 7 nitrogen and oxygen atoms in total. The molecule has 1 amide bonds. The van der Waals surface area contributed by atoms with E-state index < -0.39 is 5.54 Å². The van der Waals surface area contributed by atoms with E-state index in [0.29, 0.717) is 30.3 Å². The van der Waals surface area contributed by atoms with Crippen molar-refractivity contribution in [2.75, 3.05) is 26.9 Å². The van der Waals surface area contributed by atoms with E-state index >= 15 is 0 Å². The van der Waals surface area contributed by atoms with Crippen molar-refractivity contribution >= 4 is 5.91 Å². The third-order valence-corrected chi connectivity index (χ3v) is 5.58. The Bertz CT molecular complexity index is 976. The molecule has 4 rings (SSSR count). The van der Waals surface area contributed by atoms with Gasteiger partial charge in [-0.1, -0.05) is 18.9 Å². The summed E-state index contributed by atoms with van der Waals surface area (Å²) < 4.78 is 22.3. The van der Waals surface area contributed by atoms with Crippen LogP contribution in [0.3, 0.4) is 0 Å². The first-order valence-electron chi connectivity index (χ1n) is 10.1. The molecule has 0 unspecified atom stereocenters. The van der Waals surface area contributed by atoms with Crippen molar-refractivity contribution in [3.8, 4) is 29.1 Å². The average Bonchev–Trinajstić information content (AvgIpc) is 3.26. The van der Waals surface area contributed by atoms with Gasteiger partial charge in [-0.3, -0.25) is 4.79 Å². The molecule has 0 saturated heterocycles. The van der Waals surface area contributed by atoms with Crippen molar-refractivity contribution in [2.24, 2.45) is 0 Å². The number of benzene rings is 2. The number of ether oxygens (including phenoxy) is 4. The second kappa shape index (κ2) is 8.54. The Morgan fingerprint density at radius 3 is 2.60 bits per heavy atom. The van der Waals surface area contributed by atoms with E-state index in [1.807, 2.05) is 18.2 Å². The summed E-state index contributed by atoms with van der Waals surface area (Å²) in [4.78, 5) is 12.8. The molecule has 1 heterocycles. The van der Waals surface area contributed by atoms with Gasteiger partial charge in [-0.2, -0.15) is 5.26 Å². The molecule has 1 N–H and O–H groups in total. The van der Waals surface area contributed by atoms with Crippen molar-refractivity contribution < 1.29 is 23.7 Å². The smallest absolute Gasteiger partial charge is 0.258 e. The predicted molar refractivity (Wildman–Crippen MR) is 109 cm³/mol. The Hall–Kier alpha value is -3.40. The Balaban J connectivity index is 1.47. The predicted octanol–water partition coefficient (Wildman–Crippen LogP) is 3.30. The standard InChI is InChI=1S/C23H24N2O5/c1-27-20-12-16(14-24)4-6-18(20)30-15-22(26)25-23(8-2-3-9-23)17-5-7-19-21(13-17)29-11-10-28-19/h4-7,12-13H,2-3,8-11,15H2,1H3,(H,25,26). The van der Waals surface area contributed by atoms with Crippen LogP contribution in [0.1, 0.15) is 36.8 Å². The van der Waals surface area contributed by atoms with Gasteiger partial charge in [-0.15, -0.1) is 0 Å². The van der Waals surface area contributed by atoms with Gasteiger partial charge in [0.1, 0.15) is 13.2 Å².